The van der Waals surface area contributed by atoms with Crippen molar-refractivity contribution in [3.8, 4) is 28.6 Å². The van der Waals surface area contributed by atoms with Crippen molar-refractivity contribution in [3.63, 3.8) is 0 Å². The highest BCUT2D eigenvalue weighted by molar-refractivity contribution is 6.00. The fourth-order valence-electron chi connectivity index (χ4n) is 3.79. The van der Waals surface area contributed by atoms with Crippen molar-refractivity contribution in [1.29, 1.82) is 0 Å². The molecule has 0 unspecified atom stereocenters. The van der Waals surface area contributed by atoms with E-state index in [1.807, 2.05) is 27.7 Å². The van der Waals surface area contributed by atoms with Crippen molar-refractivity contribution >= 4 is 17.5 Å². The van der Waals surface area contributed by atoms with Gasteiger partial charge in [0, 0.05) is 22.9 Å². The van der Waals surface area contributed by atoms with E-state index in [9.17, 15) is 9.59 Å². The molecular formula is C26H34N6O5. The molecule has 1 aromatic heterocycles. The molecule has 2 amide bonds. The van der Waals surface area contributed by atoms with E-state index in [-0.39, 0.29) is 18.4 Å². The van der Waals surface area contributed by atoms with Crippen LogP contribution in [0.4, 0.5) is 5.69 Å². The third kappa shape index (κ3) is 6.75. The van der Waals surface area contributed by atoms with Crippen LogP contribution in [0.3, 0.4) is 0 Å². The largest absolute Gasteiger partial charge is 0.497 e. The Morgan fingerprint density at radius 1 is 1.03 bits per heavy atom. The number of carbonyl (C=O) groups excluding carboxylic acids is 2. The summed E-state index contributed by atoms with van der Waals surface area (Å²) in [6.07, 6.45) is 0.395. The van der Waals surface area contributed by atoms with Gasteiger partial charge >= 0.3 is 0 Å². The molecule has 3 rings (SSSR count). The summed E-state index contributed by atoms with van der Waals surface area (Å²) in [5, 5.41) is 15.5. The smallest absolute Gasteiger partial charge is 0.251 e. The van der Waals surface area contributed by atoms with Gasteiger partial charge in [0.1, 0.15) is 18.3 Å². The lowest BCUT2D eigenvalue weighted by molar-refractivity contribution is -0.128. The van der Waals surface area contributed by atoms with E-state index in [2.05, 4.69) is 20.7 Å². The van der Waals surface area contributed by atoms with Gasteiger partial charge in [0.2, 0.25) is 11.7 Å². The predicted octanol–water partition coefficient (Wildman–Crippen LogP) is 3.09. The van der Waals surface area contributed by atoms with Gasteiger partial charge < -0.3 is 19.5 Å². The van der Waals surface area contributed by atoms with Gasteiger partial charge in [0.15, 0.2) is 11.5 Å². The van der Waals surface area contributed by atoms with Crippen LogP contribution in [0.15, 0.2) is 42.5 Å². The number of hydrogen-bond donors (Lipinski definition) is 1. The molecule has 1 heterocycles. The third-order valence-electron chi connectivity index (χ3n) is 5.47. The summed E-state index contributed by atoms with van der Waals surface area (Å²) in [5.41, 5.74) is 0.715. The molecule has 0 aliphatic heterocycles. The highest BCUT2D eigenvalue weighted by Gasteiger charge is 2.32. The number of tetrazole rings is 1. The van der Waals surface area contributed by atoms with E-state index >= 15 is 0 Å². The van der Waals surface area contributed by atoms with Crippen molar-refractivity contribution in [3.05, 3.63) is 42.5 Å². The SMILES string of the molecule is CC[C@@H](C(=O)NC(C)(C)C)N(C(=O)Cn1nnc(-c2ccc(OC)c(OC)c2)n1)c1cccc(OC)c1. The summed E-state index contributed by atoms with van der Waals surface area (Å²) in [6, 6.07) is 11.5. The van der Waals surface area contributed by atoms with Crippen LogP contribution in [-0.2, 0) is 16.1 Å². The molecule has 37 heavy (non-hydrogen) atoms. The molecule has 0 saturated carbocycles. The summed E-state index contributed by atoms with van der Waals surface area (Å²) in [4.78, 5) is 29.5. The second kappa shape index (κ2) is 11.7. The number of methoxy groups -OCH3 is 3. The lowest BCUT2D eigenvalue weighted by Gasteiger charge is -2.33. The van der Waals surface area contributed by atoms with E-state index in [0.717, 1.165) is 0 Å². The van der Waals surface area contributed by atoms with Crippen LogP contribution in [0.2, 0.25) is 0 Å². The summed E-state index contributed by atoms with van der Waals surface area (Å²) >= 11 is 0. The lowest BCUT2D eigenvalue weighted by atomic mass is 10.1. The molecule has 2 aromatic carbocycles. The highest BCUT2D eigenvalue weighted by Crippen LogP contribution is 2.31. The fraction of sp³-hybridized carbons (Fsp3) is 0.423. The number of amides is 2. The van der Waals surface area contributed by atoms with Crippen molar-refractivity contribution < 1.29 is 23.8 Å². The van der Waals surface area contributed by atoms with Crippen LogP contribution in [0.5, 0.6) is 17.2 Å². The van der Waals surface area contributed by atoms with E-state index in [1.54, 1.807) is 56.7 Å². The van der Waals surface area contributed by atoms with Gasteiger partial charge in [-0.2, -0.15) is 4.80 Å². The molecule has 1 N–H and O–H groups in total. The molecule has 0 aliphatic carbocycles. The minimum atomic E-state index is -0.757. The topological polar surface area (TPSA) is 121 Å². The van der Waals surface area contributed by atoms with Gasteiger partial charge in [0.05, 0.1) is 21.3 Å². The molecule has 11 heteroatoms. The first-order valence-electron chi connectivity index (χ1n) is 11.9. The summed E-state index contributed by atoms with van der Waals surface area (Å²) in [5.74, 6) is 1.34. The van der Waals surface area contributed by atoms with Crippen LogP contribution < -0.4 is 24.4 Å². The van der Waals surface area contributed by atoms with E-state index in [1.165, 1.54) is 16.8 Å². The number of hydrogen-bond acceptors (Lipinski definition) is 8. The number of anilines is 1. The number of carbonyl (C=O) groups is 2. The van der Waals surface area contributed by atoms with Crippen molar-refractivity contribution in [2.75, 3.05) is 26.2 Å². The molecule has 0 aliphatic rings. The quantitative estimate of drug-likeness (QED) is 0.442. The van der Waals surface area contributed by atoms with Gasteiger partial charge in [-0.05, 0) is 62.7 Å². The third-order valence-corrected chi connectivity index (χ3v) is 5.47. The Morgan fingerprint density at radius 3 is 2.38 bits per heavy atom. The first-order chi connectivity index (χ1) is 17.6. The first kappa shape index (κ1) is 27.4. The Balaban J connectivity index is 1.92. The van der Waals surface area contributed by atoms with Crippen LogP contribution in [0, 0.1) is 0 Å². The highest BCUT2D eigenvalue weighted by atomic mass is 16.5. The minimum absolute atomic E-state index is 0.225. The first-order valence-corrected chi connectivity index (χ1v) is 11.9. The Kier molecular flexibility index (Phi) is 8.69. The zero-order chi connectivity index (χ0) is 27.2. The molecule has 3 aromatic rings. The monoisotopic (exact) mass is 510 g/mol. The fourth-order valence-corrected chi connectivity index (χ4v) is 3.79. The zero-order valence-corrected chi connectivity index (χ0v) is 22.3. The normalized spacial score (nSPS) is 12.0. The van der Waals surface area contributed by atoms with Gasteiger partial charge in [-0.25, -0.2) is 0 Å². The molecule has 0 spiro atoms. The number of nitrogens with zero attached hydrogens (tertiary/aromatic N) is 5. The molecule has 0 fully saturated rings. The number of ether oxygens (including phenoxy) is 3. The maximum Gasteiger partial charge on any atom is 0.251 e. The molecule has 0 bridgehead atoms. The Bertz CT molecular complexity index is 1240. The number of benzene rings is 2. The molecular weight excluding hydrogens is 476 g/mol. The average Bonchev–Trinajstić information content (AvgIpc) is 3.33. The average molecular weight is 511 g/mol. The van der Waals surface area contributed by atoms with Gasteiger partial charge in [-0.3, -0.25) is 14.5 Å². The summed E-state index contributed by atoms with van der Waals surface area (Å²) in [6.45, 7) is 7.31. The molecule has 0 radical (unpaired) electrons. The minimum Gasteiger partial charge on any atom is -0.497 e. The van der Waals surface area contributed by atoms with Gasteiger partial charge in [-0.1, -0.05) is 13.0 Å². The number of aromatic nitrogens is 4. The van der Waals surface area contributed by atoms with Crippen molar-refractivity contribution in [1.82, 2.24) is 25.5 Å². The van der Waals surface area contributed by atoms with Crippen LogP contribution in [0.1, 0.15) is 34.1 Å². The maximum atomic E-state index is 13.7. The predicted molar refractivity (Wildman–Crippen MR) is 139 cm³/mol. The summed E-state index contributed by atoms with van der Waals surface area (Å²) in [7, 11) is 4.64. The molecule has 11 nitrogen and oxygen atoms in total. The van der Waals surface area contributed by atoms with E-state index in [0.29, 0.717) is 40.7 Å². The number of nitrogens with one attached hydrogen (secondary N) is 1. The van der Waals surface area contributed by atoms with Crippen molar-refractivity contribution in [2.24, 2.45) is 0 Å². The number of rotatable bonds is 10. The lowest BCUT2D eigenvalue weighted by Crippen LogP contribution is -2.54. The molecule has 1 atom stereocenters. The Morgan fingerprint density at radius 2 is 1.76 bits per heavy atom. The van der Waals surface area contributed by atoms with Gasteiger partial charge in [0.25, 0.3) is 5.91 Å². The maximum absolute atomic E-state index is 13.7. The Labute approximate surface area is 216 Å². The van der Waals surface area contributed by atoms with Crippen LogP contribution in [0.25, 0.3) is 11.4 Å². The Hall–Kier alpha value is -4.15. The molecule has 0 saturated heterocycles. The van der Waals surface area contributed by atoms with Crippen molar-refractivity contribution in [2.45, 2.75) is 52.2 Å². The second-order valence-corrected chi connectivity index (χ2v) is 9.34. The van der Waals surface area contributed by atoms with Crippen LogP contribution in [-0.4, -0.2) is 64.9 Å². The standard InChI is InChI=1S/C26H34N6O5/c1-8-20(25(34)27-26(2,3)4)32(18-10-9-11-19(15-18)35-5)23(33)16-31-29-24(28-30-31)17-12-13-21(36-6)22(14-17)37-7/h9-15,20H,8,16H2,1-7H3,(H,27,34)/t20-/m0/s1. The van der Waals surface area contributed by atoms with Gasteiger partial charge in [-0.15, -0.1) is 10.2 Å². The summed E-state index contributed by atoms with van der Waals surface area (Å²) < 4.78 is 16.0. The second-order valence-electron chi connectivity index (χ2n) is 9.34. The van der Waals surface area contributed by atoms with E-state index in [4.69, 9.17) is 14.2 Å². The van der Waals surface area contributed by atoms with E-state index < -0.39 is 11.6 Å². The zero-order valence-electron chi connectivity index (χ0n) is 22.3. The van der Waals surface area contributed by atoms with Crippen LogP contribution >= 0.6 is 0 Å². The molecule has 198 valence electrons.